The molecule has 3 aliphatic rings. The van der Waals surface area contributed by atoms with E-state index in [1.54, 1.807) is 0 Å². The molecule has 0 spiro atoms. The Kier molecular flexibility index (Phi) is 5.11. The summed E-state index contributed by atoms with van der Waals surface area (Å²) in [5, 5.41) is 4.73. The third kappa shape index (κ3) is 3.36. The molecule has 5 nitrogen and oxygen atoms in total. The summed E-state index contributed by atoms with van der Waals surface area (Å²) in [5.41, 5.74) is 4.88. The third-order valence-electron chi connectivity index (χ3n) is 6.62. The lowest BCUT2D eigenvalue weighted by atomic mass is 9.99. The number of carbonyl (C=O) groups is 1. The number of carbonyl (C=O) groups excluding carboxylic acids is 1. The second-order valence-corrected chi connectivity index (χ2v) is 9.57. The van der Waals surface area contributed by atoms with Crippen LogP contribution in [-0.2, 0) is 24.8 Å². The zero-order chi connectivity index (χ0) is 19.1. The van der Waals surface area contributed by atoms with Gasteiger partial charge in [-0.1, -0.05) is 0 Å². The number of hydrogen-bond donors (Lipinski definition) is 1. The summed E-state index contributed by atoms with van der Waals surface area (Å²) in [7, 11) is 2.17. The van der Waals surface area contributed by atoms with E-state index in [1.807, 2.05) is 17.8 Å². The molecule has 150 valence electrons. The van der Waals surface area contributed by atoms with E-state index in [1.165, 1.54) is 28.6 Å². The van der Waals surface area contributed by atoms with Gasteiger partial charge < -0.3 is 14.6 Å². The van der Waals surface area contributed by atoms with Gasteiger partial charge in [-0.15, -0.1) is 11.8 Å². The number of rotatable bonds is 3. The van der Waals surface area contributed by atoms with Crippen molar-refractivity contribution in [2.24, 2.45) is 7.05 Å². The van der Waals surface area contributed by atoms with Crippen molar-refractivity contribution in [1.82, 2.24) is 14.8 Å². The Morgan fingerprint density at radius 3 is 2.89 bits per heavy atom. The molecule has 6 heteroatoms. The number of fused-ring (bicyclic) bond motifs is 3. The molecule has 0 saturated carbocycles. The van der Waals surface area contributed by atoms with E-state index in [9.17, 15) is 4.79 Å². The van der Waals surface area contributed by atoms with E-state index >= 15 is 0 Å². The van der Waals surface area contributed by atoms with E-state index in [2.05, 4.69) is 34.0 Å². The predicted octanol–water partition coefficient (Wildman–Crippen LogP) is 3.30. The van der Waals surface area contributed by atoms with Crippen LogP contribution in [0.2, 0.25) is 0 Å². The molecule has 1 atom stereocenters. The normalized spacial score (nSPS) is 23.8. The van der Waals surface area contributed by atoms with Gasteiger partial charge in [0.05, 0.1) is 5.37 Å². The van der Waals surface area contributed by atoms with Crippen LogP contribution in [0, 0.1) is 0 Å². The predicted molar refractivity (Wildman–Crippen MR) is 114 cm³/mol. The van der Waals surface area contributed by atoms with E-state index < -0.39 is 0 Å². The quantitative estimate of drug-likeness (QED) is 0.860. The summed E-state index contributed by atoms with van der Waals surface area (Å²) in [6.45, 7) is 3.87. The highest BCUT2D eigenvalue weighted by Gasteiger charge is 2.29. The Morgan fingerprint density at radius 2 is 2.11 bits per heavy atom. The van der Waals surface area contributed by atoms with Crippen molar-refractivity contribution < 1.29 is 9.53 Å². The Morgan fingerprint density at radius 1 is 1.25 bits per heavy atom. The Balaban J connectivity index is 1.43. The fourth-order valence-electron chi connectivity index (χ4n) is 5.02. The van der Waals surface area contributed by atoms with Crippen molar-refractivity contribution in [2.45, 2.75) is 50.1 Å². The summed E-state index contributed by atoms with van der Waals surface area (Å²) in [5.74, 6) is 1.22. The standard InChI is InChI=1S/C22H29N3O2S/c1-24-19-5-4-15(22(26)23-21-3-2-12-28-21)13-17(19)18-14-25(9-6-20(18)24)16-7-10-27-11-8-16/h4-5,13,16,21H,2-3,6-12,14H2,1H3,(H,23,26). The minimum absolute atomic E-state index is 0.0657. The van der Waals surface area contributed by atoms with Gasteiger partial charge in [-0.25, -0.2) is 0 Å². The molecule has 4 heterocycles. The van der Waals surface area contributed by atoms with Crippen molar-refractivity contribution in [2.75, 3.05) is 25.5 Å². The van der Waals surface area contributed by atoms with Crippen LogP contribution in [0.25, 0.3) is 10.9 Å². The van der Waals surface area contributed by atoms with Crippen LogP contribution < -0.4 is 5.32 Å². The molecule has 2 fully saturated rings. The number of hydrogen-bond acceptors (Lipinski definition) is 4. The van der Waals surface area contributed by atoms with Crippen molar-refractivity contribution in [1.29, 1.82) is 0 Å². The zero-order valence-corrected chi connectivity index (χ0v) is 17.4. The molecule has 1 unspecified atom stereocenters. The molecular weight excluding hydrogens is 370 g/mol. The highest BCUT2D eigenvalue weighted by atomic mass is 32.2. The molecule has 0 aliphatic carbocycles. The number of amides is 1. The number of aryl methyl sites for hydroxylation is 1. The van der Waals surface area contributed by atoms with Crippen molar-refractivity contribution >= 4 is 28.6 Å². The van der Waals surface area contributed by atoms with Gasteiger partial charge in [0, 0.05) is 68.0 Å². The molecule has 1 aromatic carbocycles. The first kappa shape index (κ1) is 18.5. The Bertz CT molecular complexity index is 882. The highest BCUT2D eigenvalue weighted by molar-refractivity contribution is 8.00. The molecular formula is C22H29N3O2S. The number of nitrogens with one attached hydrogen (secondary N) is 1. The Labute approximate surface area is 170 Å². The maximum Gasteiger partial charge on any atom is 0.252 e. The summed E-state index contributed by atoms with van der Waals surface area (Å²) in [6, 6.07) is 6.86. The lowest BCUT2D eigenvalue weighted by Crippen LogP contribution is -2.42. The molecule has 3 aliphatic heterocycles. The van der Waals surface area contributed by atoms with Crippen LogP contribution in [0.3, 0.4) is 0 Å². The van der Waals surface area contributed by atoms with Gasteiger partial charge in [0.15, 0.2) is 0 Å². The third-order valence-corrected chi connectivity index (χ3v) is 7.90. The summed E-state index contributed by atoms with van der Waals surface area (Å²) in [4.78, 5) is 15.4. The van der Waals surface area contributed by atoms with Crippen LogP contribution in [-0.4, -0.2) is 52.3 Å². The monoisotopic (exact) mass is 399 g/mol. The number of benzene rings is 1. The first-order valence-electron chi connectivity index (χ1n) is 10.5. The molecule has 0 bridgehead atoms. The minimum atomic E-state index is 0.0657. The average Bonchev–Trinajstić information content (AvgIpc) is 3.35. The molecule has 2 saturated heterocycles. The average molecular weight is 400 g/mol. The summed E-state index contributed by atoms with van der Waals surface area (Å²) >= 11 is 1.86. The van der Waals surface area contributed by atoms with Gasteiger partial charge in [0.1, 0.15) is 0 Å². The lowest BCUT2D eigenvalue weighted by molar-refractivity contribution is 0.0289. The van der Waals surface area contributed by atoms with Gasteiger partial charge >= 0.3 is 0 Å². The smallest absolute Gasteiger partial charge is 0.252 e. The Hall–Kier alpha value is -1.50. The fourth-order valence-corrected chi connectivity index (χ4v) is 6.17. The van der Waals surface area contributed by atoms with Gasteiger partial charge in [-0.05, 0) is 55.2 Å². The molecule has 1 aromatic heterocycles. The number of thioether (sulfide) groups is 1. The SMILES string of the molecule is Cn1c2c(c3cc(C(=O)NC4CCCS4)ccc31)CN(C1CCOCC1)CC2. The lowest BCUT2D eigenvalue weighted by Gasteiger charge is -2.37. The highest BCUT2D eigenvalue weighted by Crippen LogP contribution is 2.33. The van der Waals surface area contributed by atoms with Gasteiger partial charge in [0.2, 0.25) is 0 Å². The number of aromatic nitrogens is 1. The largest absolute Gasteiger partial charge is 0.381 e. The summed E-state index contributed by atoms with van der Waals surface area (Å²) < 4.78 is 7.89. The van der Waals surface area contributed by atoms with Crippen molar-refractivity contribution in [3.63, 3.8) is 0 Å². The topological polar surface area (TPSA) is 46.5 Å². The minimum Gasteiger partial charge on any atom is -0.381 e. The van der Waals surface area contributed by atoms with Gasteiger partial charge in [-0.2, -0.15) is 0 Å². The fraction of sp³-hybridized carbons (Fsp3) is 0.591. The number of ether oxygens (including phenoxy) is 1. The van der Waals surface area contributed by atoms with E-state index in [-0.39, 0.29) is 11.3 Å². The maximum absolute atomic E-state index is 12.8. The van der Waals surface area contributed by atoms with E-state index in [4.69, 9.17) is 4.74 Å². The van der Waals surface area contributed by atoms with Crippen LogP contribution in [0.15, 0.2) is 18.2 Å². The maximum atomic E-state index is 12.8. The van der Waals surface area contributed by atoms with Crippen LogP contribution >= 0.6 is 11.8 Å². The number of nitrogens with zero attached hydrogens (tertiary/aromatic N) is 2. The van der Waals surface area contributed by atoms with E-state index in [0.29, 0.717) is 6.04 Å². The molecule has 28 heavy (non-hydrogen) atoms. The zero-order valence-electron chi connectivity index (χ0n) is 16.6. The van der Waals surface area contributed by atoms with E-state index in [0.717, 1.165) is 63.3 Å². The first-order valence-corrected chi connectivity index (χ1v) is 11.6. The van der Waals surface area contributed by atoms with Gasteiger partial charge in [-0.3, -0.25) is 9.69 Å². The first-order chi connectivity index (χ1) is 13.7. The second kappa shape index (κ2) is 7.73. The molecule has 2 aromatic rings. The van der Waals surface area contributed by atoms with Crippen LogP contribution in [0.4, 0.5) is 0 Å². The molecule has 5 rings (SSSR count). The van der Waals surface area contributed by atoms with Gasteiger partial charge in [0.25, 0.3) is 5.91 Å². The molecule has 1 N–H and O–H groups in total. The second-order valence-electron chi connectivity index (χ2n) is 8.26. The van der Waals surface area contributed by atoms with Crippen molar-refractivity contribution in [3.05, 3.63) is 35.0 Å². The van der Waals surface area contributed by atoms with Crippen molar-refractivity contribution in [3.8, 4) is 0 Å². The molecule has 0 radical (unpaired) electrons. The van der Waals surface area contributed by atoms with Crippen LogP contribution in [0.1, 0.15) is 47.3 Å². The van der Waals surface area contributed by atoms with Crippen LogP contribution in [0.5, 0.6) is 0 Å². The molecule has 1 amide bonds. The summed E-state index contributed by atoms with van der Waals surface area (Å²) in [6.07, 6.45) is 5.63.